The van der Waals surface area contributed by atoms with Crippen molar-refractivity contribution in [2.75, 3.05) is 5.75 Å². The van der Waals surface area contributed by atoms with Gasteiger partial charge in [0, 0.05) is 17.5 Å². The Hall–Kier alpha value is -3.27. The molecule has 10 heteroatoms. The van der Waals surface area contributed by atoms with Gasteiger partial charge in [-0.3, -0.25) is 9.36 Å². The van der Waals surface area contributed by atoms with E-state index in [1.165, 1.54) is 22.8 Å². The van der Waals surface area contributed by atoms with Gasteiger partial charge in [0.25, 0.3) is 5.56 Å². The summed E-state index contributed by atoms with van der Waals surface area (Å²) in [5.74, 6) is -1.57. The summed E-state index contributed by atoms with van der Waals surface area (Å²) in [6, 6.07) is 6.29. The Morgan fingerprint density at radius 3 is 2.63 bits per heavy atom. The van der Waals surface area contributed by atoms with E-state index in [-0.39, 0.29) is 17.1 Å². The van der Waals surface area contributed by atoms with Crippen molar-refractivity contribution in [1.29, 1.82) is 0 Å². The highest BCUT2D eigenvalue weighted by Gasteiger charge is 2.21. The number of hydrogen-bond acceptors (Lipinski definition) is 6. The van der Waals surface area contributed by atoms with Gasteiger partial charge in [-0.15, -0.1) is 10.2 Å². The minimum absolute atomic E-state index is 0.00760. The maximum atomic E-state index is 13.2. The van der Waals surface area contributed by atoms with Crippen LogP contribution < -0.4 is 5.56 Å². The van der Waals surface area contributed by atoms with Gasteiger partial charge < -0.3 is 5.11 Å². The number of carboxylic acid groups (broad SMARTS) is 1. The molecular formula is C17H12FN5O3S. The molecule has 0 aliphatic rings. The number of pyridine rings is 1. The lowest BCUT2D eigenvalue weighted by Crippen LogP contribution is -2.31. The molecule has 0 fully saturated rings. The van der Waals surface area contributed by atoms with E-state index in [0.29, 0.717) is 22.3 Å². The van der Waals surface area contributed by atoms with Crippen LogP contribution in [0.5, 0.6) is 0 Å². The Balaban J connectivity index is 1.93. The summed E-state index contributed by atoms with van der Waals surface area (Å²) < 4.78 is 15.7. The molecule has 4 aromatic rings. The van der Waals surface area contributed by atoms with E-state index in [0.717, 1.165) is 4.57 Å². The quantitative estimate of drug-likeness (QED) is 0.520. The van der Waals surface area contributed by atoms with Gasteiger partial charge in [-0.25, -0.2) is 13.7 Å². The first-order chi connectivity index (χ1) is 13.0. The maximum absolute atomic E-state index is 13.2. The van der Waals surface area contributed by atoms with Crippen molar-refractivity contribution in [1.82, 2.24) is 24.4 Å². The molecule has 1 N–H and O–H groups in total. The zero-order valence-corrected chi connectivity index (χ0v) is 14.5. The van der Waals surface area contributed by atoms with Crippen LogP contribution in [0.25, 0.3) is 27.8 Å². The number of fused-ring (bicyclic) bond motifs is 3. The average molecular weight is 385 g/mol. The number of thiol groups is 1. The third-order valence-electron chi connectivity index (χ3n) is 4.24. The molecule has 27 heavy (non-hydrogen) atoms. The van der Waals surface area contributed by atoms with E-state index in [9.17, 15) is 19.1 Å². The molecule has 0 saturated carbocycles. The molecule has 0 amide bonds. The third-order valence-corrected chi connectivity index (χ3v) is 4.58. The van der Waals surface area contributed by atoms with Crippen molar-refractivity contribution in [3.8, 4) is 11.1 Å². The number of rotatable bonds is 4. The highest BCUT2D eigenvalue weighted by Crippen LogP contribution is 2.24. The SMILES string of the molecule is O=C(O)[C@@H](CS)n1ccc2c(nnc3c(-c4ccc(F)cc4)cnn32)c1=O. The van der Waals surface area contributed by atoms with Gasteiger partial charge in [0.15, 0.2) is 11.2 Å². The molecule has 0 unspecified atom stereocenters. The van der Waals surface area contributed by atoms with E-state index >= 15 is 0 Å². The normalized spacial score (nSPS) is 12.5. The molecule has 0 aliphatic carbocycles. The number of benzene rings is 1. The number of aliphatic carboxylic acids is 1. The van der Waals surface area contributed by atoms with Gasteiger partial charge in [-0.2, -0.15) is 17.7 Å². The van der Waals surface area contributed by atoms with Crippen LogP contribution in [-0.2, 0) is 4.79 Å². The van der Waals surface area contributed by atoms with Crippen LogP contribution in [-0.4, -0.2) is 41.2 Å². The molecule has 1 atom stereocenters. The van der Waals surface area contributed by atoms with Gasteiger partial charge >= 0.3 is 5.97 Å². The van der Waals surface area contributed by atoms with E-state index in [4.69, 9.17) is 0 Å². The average Bonchev–Trinajstić information content (AvgIpc) is 3.09. The number of aromatic nitrogens is 5. The topological polar surface area (TPSA) is 102 Å². The van der Waals surface area contributed by atoms with Crippen LogP contribution in [0.15, 0.2) is 47.5 Å². The molecule has 0 aliphatic heterocycles. The number of hydrogen-bond donors (Lipinski definition) is 2. The summed E-state index contributed by atoms with van der Waals surface area (Å²) >= 11 is 4.00. The second-order valence-corrected chi connectivity index (χ2v) is 6.16. The minimum atomic E-state index is -1.17. The van der Waals surface area contributed by atoms with Crippen molar-refractivity contribution in [3.63, 3.8) is 0 Å². The van der Waals surface area contributed by atoms with Gasteiger partial charge in [0.1, 0.15) is 17.4 Å². The van der Waals surface area contributed by atoms with Crippen molar-refractivity contribution >= 4 is 35.3 Å². The molecule has 136 valence electrons. The maximum Gasteiger partial charge on any atom is 0.327 e. The van der Waals surface area contributed by atoms with Crippen molar-refractivity contribution in [3.05, 3.63) is 58.9 Å². The van der Waals surface area contributed by atoms with Crippen molar-refractivity contribution in [2.24, 2.45) is 0 Å². The fourth-order valence-electron chi connectivity index (χ4n) is 2.87. The molecule has 3 aromatic heterocycles. The molecule has 1 aromatic carbocycles. The third kappa shape index (κ3) is 2.74. The van der Waals surface area contributed by atoms with Gasteiger partial charge in [0.2, 0.25) is 0 Å². The van der Waals surface area contributed by atoms with Gasteiger partial charge in [-0.1, -0.05) is 12.1 Å². The standard InChI is InChI=1S/C17H12FN5O3S/c18-10-3-1-9(2-4-10)11-7-19-23-12-5-6-22(13(8-27)17(25)26)16(24)14(12)20-21-15(11)23/h1-7,13,27H,8H2,(H,25,26)/t13-/m1/s1. The van der Waals surface area contributed by atoms with Crippen LogP contribution in [0.4, 0.5) is 4.39 Å². The molecule has 8 nitrogen and oxygen atoms in total. The summed E-state index contributed by atoms with van der Waals surface area (Å²) in [4.78, 5) is 24.0. The molecule has 4 rings (SSSR count). The largest absolute Gasteiger partial charge is 0.480 e. The van der Waals surface area contributed by atoms with Gasteiger partial charge in [0.05, 0.1) is 6.20 Å². The molecular weight excluding hydrogens is 373 g/mol. The first-order valence-electron chi connectivity index (χ1n) is 7.86. The number of nitrogens with zero attached hydrogens (tertiary/aromatic N) is 5. The Kier molecular flexibility index (Phi) is 4.11. The van der Waals surface area contributed by atoms with Crippen molar-refractivity contribution < 1.29 is 14.3 Å². The summed E-state index contributed by atoms with van der Waals surface area (Å²) in [6.07, 6.45) is 2.93. The Morgan fingerprint density at radius 1 is 1.22 bits per heavy atom. The summed E-state index contributed by atoms with van der Waals surface area (Å²) in [7, 11) is 0. The zero-order chi connectivity index (χ0) is 19.1. The zero-order valence-electron chi connectivity index (χ0n) is 13.7. The number of halogens is 1. The minimum Gasteiger partial charge on any atom is -0.480 e. The summed E-state index contributed by atoms with van der Waals surface area (Å²) in [5.41, 5.74) is 1.52. The second-order valence-electron chi connectivity index (χ2n) is 5.80. The Bertz CT molecular complexity index is 1240. The van der Waals surface area contributed by atoms with Gasteiger partial charge in [-0.05, 0) is 23.8 Å². The first-order valence-corrected chi connectivity index (χ1v) is 8.49. The second kappa shape index (κ2) is 6.47. The molecule has 3 heterocycles. The van der Waals surface area contributed by atoms with Crippen LogP contribution >= 0.6 is 12.6 Å². The monoisotopic (exact) mass is 385 g/mol. The smallest absolute Gasteiger partial charge is 0.327 e. The highest BCUT2D eigenvalue weighted by atomic mass is 32.1. The number of carboxylic acids is 1. The van der Waals surface area contributed by atoms with Crippen LogP contribution in [0.2, 0.25) is 0 Å². The fourth-order valence-corrected chi connectivity index (χ4v) is 3.20. The summed E-state index contributed by atoms with van der Waals surface area (Å²) in [5, 5.41) is 21.6. The molecule has 0 radical (unpaired) electrons. The van der Waals surface area contributed by atoms with E-state index in [1.54, 1.807) is 24.4 Å². The fraction of sp³-hybridized carbons (Fsp3) is 0.118. The lowest BCUT2D eigenvalue weighted by Gasteiger charge is -2.13. The van der Waals surface area contributed by atoms with Crippen LogP contribution in [0, 0.1) is 5.82 Å². The predicted molar refractivity (Wildman–Crippen MR) is 98.5 cm³/mol. The van der Waals surface area contributed by atoms with Crippen LogP contribution in [0.1, 0.15) is 6.04 Å². The summed E-state index contributed by atoms with van der Waals surface area (Å²) in [6.45, 7) is 0. The lowest BCUT2D eigenvalue weighted by molar-refractivity contribution is -0.140. The molecule has 0 saturated heterocycles. The number of carbonyl (C=O) groups is 1. The Labute approximate surface area is 156 Å². The van der Waals surface area contributed by atoms with E-state index in [2.05, 4.69) is 27.9 Å². The lowest BCUT2D eigenvalue weighted by atomic mass is 10.1. The van der Waals surface area contributed by atoms with E-state index in [1.807, 2.05) is 0 Å². The van der Waals surface area contributed by atoms with E-state index < -0.39 is 17.6 Å². The predicted octanol–water partition coefficient (Wildman–Crippen LogP) is 1.80. The molecule has 0 spiro atoms. The molecule has 0 bridgehead atoms. The first kappa shape index (κ1) is 17.2. The van der Waals surface area contributed by atoms with Crippen molar-refractivity contribution in [2.45, 2.75) is 6.04 Å². The van der Waals surface area contributed by atoms with Crippen LogP contribution in [0.3, 0.4) is 0 Å². The Morgan fingerprint density at radius 2 is 1.96 bits per heavy atom. The highest BCUT2D eigenvalue weighted by molar-refractivity contribution is 7.80.